The van der Waals surface area contributed by atoms with Crippen LogP contribution in [0.1, 0.15) is 5.56 Å². The lowest BCUT2D eigenvalue weighted by molar-refractivity contribution is -0.134. The van der Waals surface area contributed by atoms with Crippen molar-refractivity contribution in [3.63, 3.8) is 0 Å². The van der Waals surface area contributed by atoms with Crippen molar-refractivity contribution in [3.05, 3.63) is 83.4 Å². The number of allylic oxidation sites excluding steroid dienone is 5. The first-order valence-electron chi connectivity index (χ1n) is 7.79. The molecule has 0 bridgehead atoms. The molecule has 0 unspecified atom stereocenters. The molecule has 4 rings (SSSR count). The summed E-state index contributed by atoms with van der Waals surface area (Å²) in [5.41, 5.74) is 1.34. The van der Waals surface area contributed by atoms with E-state index in [1.165, 1.54) is 6.08 Å². The van der Waals surface area contributed by atoms with Crippen LogP contribution >= 0.6 is 0 Å². The van der Waals surface area contributed by atoms with Gasteiger partial charge in [-0.1, -0.05) is 12.2 Å². The summed E-state index contributed by atoms with van der Waals surface area (Å²) in [5, 5.41) is 13.2. The molecule has 2 aliphatic heterocycles. The molecule has 0 spiro atoms. The zero-order valence-corrected chi connectivity index (χ0v) is 13.4. The van der Waals surface area contributed by atoms with Gasteiger partial charge in [0, 0.05) is 29.5 Å². The number of nitrogens with zero attached hydrogens (tertiary/aromatic N) is 1. The molecule has 7 heteroatoms. The number of carbonyl (C=O) groups is 2. The number of pyridine rings is 1. The van der Waals surface area contributed by atoms with Crippen molar-refractivity contribution in [2.45, 2.75) is 0 Å². The van der Waals surface area contributed by atoms with Gasteiger partial charge in [-0.2, -0.15) is 0 Å². The number of ether oxygens (including phenoxy) is 1. The molecule has 0 atom stereocenters. The Morgan fingerprint density at radius 1 is 1.27 bits per heavy atom. The third kappa shape index (κ3) is 2.61. The smallest absolute Gasteiger partial charge is 0.343 e. The van der Waals surface area contributed by atoms with Crippen LogP contribution in [0.3, 0.4) is 0 Å². The van der Waals surface area contributed by atoms with Gasteiger partial charge < -0.3 is 20.1 Å². The molecule has 4 heterocycles. The Morgan fingerprint density at radius 2 is 2.15 bits per heavy atom. The largest absolute Gasteiger partial charge is 0.477 e. The average Bonchev–Trinajstić information content (AvgIpc) is 3.05. The van der Waals surface area contributed by atoms with E-state index in [1.807, 2.05) is 6.07 Å². The molecule has 0 fully saturated rings. The predicted octanol–water partition coefficient (Wildman–Crippen LogP) is 2.40. The Labute approximate surface area is 147 Å². The number of aromatic amines is 1. The molecule has 7 nitrogen and oxygen atoms in total. The Balaban J connectivity index is 1.76. The number of hydrogen-bond donors (Lipinski definition) is 3. The molecular formula is C19H13N3O4. The summed E-state index contributed by atoms with van der Waals surface area (Å²) >= 11 is 0. The van der Waals surface area contributed by atoms with Crippen LogP contribution in [0.15, 0.2) is 77.8 Å². The van der Waals surface area contributed by atoms with Crippen molar-refractivity contribution in [2.75, 3.05) is 0 Å². The van der Waals surface area contributed by atoms with E-state index in [0.29, 0.717) is 16.9 Å². The zero-order valence-electron chi connectivity index (χ0n) is 13.4. The number of aliphatic carboxylic acids is 1. The van der Waals surface area contributed by atoms with Gasteiger partial charge in [0.05, 0.1) is 5.70 Å². The molecule has 0 amide bonds. The number of hydrogen-bond acceptors (Lipinski definition) is 5. The van der Waals surface area contributed by atoms with Gasteiger partial charge in [-0.05, 0) is 30.4 Å². The minimum absolute atomic E-state index is 0.0112. The molecule has 2 aromatic heterocycles. The van der Waals surface area contributed by atoms with E-state index in [4.69, 9.17) is 4.74 Å². The topological polar surface area (TPSA) is 104 Å². The fraction of sp³-hybridized carbons (Fsp3) is 0. The zero-order chi connectivity index (χ0) is 18.1. The summed E-state index contributed by atoms with van der Waals surface area (Å²) in [5.74, 6) is -2.08. The molecule has 0 radical (unpaired) electrons. The maximum Gasteiger partial charge on any atom is 0.343 e. The van der Waals surface area contributed by atoms with Gasteiger partial charge in [0.2, 0.25) is 5.78 Å². The first kappa shape index (κ1) is 15.6. The Hall–Kier alpha value is -3.87. The van der Waals surface area contributed by atoms with Gasteiger partial charge in [0.25, 0.3) is 0 Å². The van der Waals surface area contributed by atoms with Crippen molar-refractivity contribution in [1.29, 1.82) is 0 Å². The lowest BCUT2D eigenvalue weighted by Crippen LogP contribution is -2.13. The normalized spacial score (nSPS) is 18.1. The van der Waals surface area contributed by atoms with E-state index in [-0.39, 0.29) is 11.5 Å². The number of carboxylic acids is 1. The van der Waals surface area contributed by atoms with Crippen LogP contribution in [0, 0.1) is 0 Å². The van der Waals surface area contributed by atoms with E-state index >= 15 is 0 Å². The minimum atomic E-state index is -1.34. The average molecular weight is 347 g/mol. The SMILES string of the molecule is O=C(O)C1=C(C2=CC=CC=CN2)O/C(=C\c2c[nH]c3ncccc23)C1=O. The Morgan fingerprint density at radius 3 is 3.00 bits per heavy atom. The van der Waals surface area contributed by atoms with Crippen LogP contribution in [0.2, 0.25) is 0 Å². The molecule has 0 saturated carbocycles. The summed E-state index contributed by atoms with van der Waals surface area (Å²) < 4.78 is 5.64. The van der Waals surface area contributed by atoms with E-state index in [1.54, 1.807) is 49.0 Å². The third-order valence-electron chi connectivity index (χ3n) is 3.94. The first-order chi connectivity index (χ1) is 12.6. The minimum Gasteiger partial charge on any atom is -0.477 e. The molecule has 26 heavy (non-hydrogen) atoms. The van der Waals surface area contributed by atoms with Crippen LogP contribution in [-0.4, -0.2) is 26.8 Å². The van der Waals surface area contributed by atoms with E-state index in [0.717, 1.165) is 5.39 Å². The number of aromatic nitrogens is 2. The molecule has 3 N–H and O–H groups in total. The van der Waals surface area contributed by atoms with Gasteiger partial charge in [-0.3, -0.25) is 4.79 Å². The molecule has 2 aromatic rings. The monoisotopic (exact) mass is 347 g/mol. The van der Waals surface area contributed by atoms with Gasteiger partial charge in [-0.15, -0.1) is 0 Å². The van der Waals surface area contributed by atoms with Crippen LogP contribution in [0.25, 0.3) is 17.1 Å². The van der Waals surface area contributed by atoms with E-state index < -0.39 is 17.3 Å². The molecule has 128 valence electrons. The third-order valence-corrected chi connectivity index (χ3v) is 3.94. The molecule has 2 aliphatic rings. The highest BCUT2D eigenvalue weighted by Crippen LogP contribution is 2.32. The second-order valence-electron chi connectivity index (χ2n) is 5.56. The van der Waals surface area contributed by atoms with Crippen molar-refractivity contribution in [1.82, 2.24) is 15.3 Å². The second-order valence-corrected chi connectivity index (χ2v) is 5.56. The summed E-state index contributed by atoms with van der Waals surface area (Å²) in [7, 11) is 0. The second kappa shape index (κ2) is 6.21. The number of ketones is 1. The highest BCUT2D eigenvalue weighted by molar-refractivity contribution is 6.26. The van der Waals surface area contributed by atoms with Crippen molar-refractivity contribution in [2.24, 2.45) is 0 Å². The number of H-pyrrole nitrogens is 1. The van der Waals surface area contributed by atoms with Crippen LogP contribution in [-0.2, 0) is 14.3 Å². The fourth-order valence-electron chi connectivity index (χ4n) is 2.75. The number of Topliss-reactive ketones (excluding diaryl/α,β-unsaturated/α-hetero) is 1. The standard InChI is InChI=1S/C19H13N3O4/c23-16-14(9-11-10-22-18-12(11)5-4-8-21-18)26-17(15(16)19(24)25)13-6-2-1-3-7-20-13/h1-10,20H,(H,21,22)(H,24,25)/b14-9-. The Bertz CT molecular complexity index is 1080. The highest BCUT2D eigenvalue weighted by atomic mass is 16.5. The predicted molar refractivity (Wildman–Crippen MR) is 94.3 cm³/mol. The molecule has 0 aliphatic carbocycles. The highest BCUT2D eigenvalue weighted by Gasteiger charge is 2.37. The number of fused-ring (bicyclic) bond motifs is 1. The number of carboxylic acid groups (broad SMARTS) is 1. The van der Waals surface area contributed by atoms with Gasteiger partial charge in [-0.25, -0.2) is 9.78 Å². The Kier molecular flexibility index (Phi) is 3.74. The van der Waals surface area contributed by atoms with Crippen LogP contribution < -0.4 is 5.32 Å². The van der Waals surface area contributed by atoms with Crippen molar-refractivity contribution >= 4 is 28.9 Å². The maximum atomic E-state index is 12.6. The molecule has 0 aromatic carbocycles. The summed E-state index contributed by atoms with van der Waals surface area (Å²) in [6, 6.07) is 3.63. The van der Waals surface area contributed by atoms with E-state index in [9.17, 15) is 14.7 Å². The lowest BCUT2D eigenvalue weighted by Gasteiger charge is -2.08. The quantitative estimate of drug-likeness (QED) is 0.582. The number of nitrogens with one attached hydrogen (secondary N) is 2. The fourth-order valence-corrected chi connectivity index (χ4v) is 2.75. The van der Waals surface area contributed by atoms with Crippen LogP contribution in [0.4, 0.5) is 0 Å². The van der Waals surface area contributed by atoms with Gasteiger partial charge in [0.1, 0.15) is 5.65 Å². The summed E-state index contributed by atoms with van der Waals surface area (Å²) in [4.78, 5) is 31.4. The number of carbonyl (C=O) groups excluding carboxylic acids is 1. The van der Waals surface area contributed by atoms with Gasteiger partial charge >= 0.3 is 5.97 Å². The van der Waals surface area contributed by atoms with E-state index in [2.05, 4.69) is 15.3 Å². The summed E-state index contributed by atoms with van der Waals surface area (Å²) in [6.45, 7) is 0. The van der Waals surface area contributed by atoms with Crippen LogP contribution in [0.5, 0.6) is 0 Å². The maximum absolute atomic E-state index is 12.6. The number of rotatable bonds is 3. The molecular weight excluding hydrogens is 334 g/mol. The summed E-state index contributed by atoms with van der Waals surface area (Å²) in [6.07, 6.45) is 13.4. The lowest BCUT2D eigenvalue weighted by atomic mass is 10.1. The first-order valence-corrected chi connectivity index (χ1v) is 7.79. The van der Waals surface area contributed by atoms with Crippen molar-refractivity contribution < 1.29 is 19.4 Å². The van der Waals surface area contributed by atoms with Crippen molar-refractivity contribution in [3.8, 4) is 0 Å². The van der Waals surface area contributed by atoms with Gasteiger partial charge in [0.15, 0.2) is 17.1 Å². The molecule has 0 saturated heterocycles.